The lowest BCUT2D eigenvalue weighted by molar-refractivity contribution is 0.416. The zero-order chi connectivity index (χ0) is 13.8. The van der Waals surface area contributed by atoms with Crippen molar-refractivity contribution in [1.29, 1.82) is 0 Å². The van der Waals surface area contributed by atoms with Crippen LogP contribution in [0, 0.1) is 5.82 Å². The van der Waals surface area contributed by atoms with E-state index < -0.39 is 15.4 Å². The van der Waals surface area contributed by atoms with E-state index in [0.717, 1.165) is 0 Å². The molecule has 0 radical (unpaired) electrons. The van der Waals surface area contributed by atoms with Crippen LogP contribution in [-0.4, -0.2) is 26.0 Å². The molecule has 0 aromatic heterocycles. The predicted octanol–water partition coefficient (Wildman–Crippen LogP) is 1.91. The molecule has 3 nitrogen and oxygen atoms in total. The van der Waals surface area contributed by atoms with E-state index >= 15 is 0 Å². The van der Waals surface area contributed by atoms with Gasteiger partial charge in [0.25, 0.3) is 0 Å². The molecule has 1 aromatic carbocycles. The van der Waals surface area contributed by atoms with E-state index in [1.54, 1.807) is 18.2 Å². The molecule has 0 bridgehead atoms. The Kier molecular flexibility index (Phi) is 4.87. The van der Waals surface area contributed by atoms with Crippen molar-refractivity contribution in [3.05, 3.63) is 35.6 Å². The van der Waals surface area contributed by atoms with E-state index in [2.05, 4.69) is 0 Å². The fourth-order valence-electron chi connectivity index (χ4n) is 1.90. The van der Waals surface area contributed by atoms with Crippen molar-refractivity contribution in [1.82, 2.24) is 0 Å². The van der Waals surface area contributed by atoms with Gasteiger partial charge in [-0.05, 0) is 37.8 Å². The highest BCUT2D eigenvalue weighted by atomic mass is 32.2. The minimum absolute atomic E-state index is 0.122. The van der Waals surface area contributed by atoms with Crippen LogP contribution in [0.1, 0.15) is 25.3 Å². The van der Waals surface area contributed by atoms with Crippen LogP contribution in [0.15, 0.2) is 24.3 Å². The molecule has 0 saturated carbocycles. The van der Waals surface area contributed by atoms with Crippen LogP contribution in [0.4, 0.5) is 4.39 Å². The molecule has 0 saturated heterocycles. The molecule has 102 valence electrons. The Morgan fingerprint density at radius 2 is 1.94 bits per heavy atom. The van der Waals surface area contributed by atoms with Gasteiger partial charge in [-0.15, -0.1) is 0 Å². The highest BCUT2D eigenvalue weighted by Gasteiger charge is 2.21. The summed E-state index contributed by atoms with van der Waals surface area (Å²) in [6, 6.07) is 6.51. The van der Waals surface area contributed by atoms with Crippen LogP contribution in [0.2, 0.25) is 0 Å². The van der Waals surface area contributed by atoms with Crippen LogP contribution >= 0.6 is 0 Å². The smallest absolute Gasteiger partial charge is 0.147 e. The van der Waals surface area contributed by atoms with E-state index in [1.807, 2.05) is 6.92 Å². The number of nitrogens with two attached hydrogens (primary N) is 1. The van der Waals surface area contributed by atoms with Crippen molar-refractivity contribution in [2.45, 2.75) is 31.7 Å². The second-order valence-corrected chi connectivity index (χ2v) is 7.42. The Hall–Kier alpha value is -0.940. The number of hydrogen-bond donors (Lipinski definition) is 1. The summed E-state index contributed by atoms with van der Waals surface area (Å²) in [6.45, 7) is 1.82. The zero-order valence-electron chi connectivity index (χ0n) is 10.8. The van der Waals surface area contributed by atoms with Gasteiger partial charge >= 0.3 is 0 Å². The minimum atomic E-state index is -2.96. The Morgan fingerprint density at radius 1 is 1.33 bits per heavy atom. The third-order valence-corrected chi connectivity index (χ3v) is 3.85. The van der Waals surface area contributed by atoms with Crippen molar-refractivity contribution < 1.29 is 12.8 Å². The zero-order valence-corrected chi connectivity index (χ0v) is 11.6. The van der Waals surface area contributed by atoms with Crippen molar-refractivity contribution in [2.75, 3.05) is 12.0 Å². The summed E-state index contributed by atoms with van der Waals surface area (Å²) < 4.78 is 35.5. The SMILES string of the molecule is CC(N)(CCCS(C)(=O)=O)Cc1ccccc1F. The van der Waals surface area contributed by atoms with Gasteiger partial charge in [0.15, 0.2) is 0 Å². The Labute approximate surface area is 108 Å². The average Bonchev–Trinajstić information content (AvgIpc) is 2.18. The topological polar surface area (TPSA) is 60.2 Å². The van der Waals surface area contributed by atoms with Crippen molar-refractivity contribution in [3.63, 3.8) is 0 Å². The number of hydrogen-bond acceptors (Lipinski definition) is 3. The summed E-state index contributed by atoms with van der Waals surface area (Å²) in [7, 11) is -2.96. The van der Waals surface area contributed by atoms with Gasteiger partial charge in [0.2, 0.25) is 0 Å². The van der Waals surface area contributed by atoms with Gasteiger partial charge in [-0.25, -0.2) is 12.8 Å². The second kappa shape index (κ2) is 5.80. The first kappa shape index (κ1) is 15.1. The summed E-state index contributed by atoms with van der Waals surface area (Å²) in [5.74, 6) is -0.144. The van der Waals surface area contributed by atoms with Crippen LogP contribution in [0.25, 0.3) is 0 Å². The molecule has 1 atom stereocenters. The first-order valence-corrected chi connectivity index (χ1v) is 7.96. The number of halogens is 1. The Balaban J connectivity index is 2.57. The normalized spacial score (nSPS) is 15.3. The minimum Gasteiger partial charge on any atom is -0.325 e. The van der Waals surface area contributed by atoms with Crippen LogP contribution in [0.3, 0.4) is 0 Å². The number of rotatable bonds is 6. The van der Waals surface area contributed by atoms with E-state index in [-0.39, 0.29) is 11.6 Å². The summed E-state index contributed by atoms with van der Waals surface area (Å²) in [4.78, 5) is 0. The Bertz CT molecular complexity index is 497. The van der Waals surface area contributed by atoms with E-state index in [1.165, 1.54) is 12.3 Å². The average molecular weight is 273 g/mol. The van der Waals surface area contributed by atoms with Gasteiger partial charge < -0.3 is 5.73 Å². The van der Waals surface area contributed by atoms with Crippen LogP contribution in [-0.2, 0) is 16.3 Å². The molecule has 18 heavy (non-hydrogen) atoms. The molecule has 0 amide bonds. The maximum Gasteiger partial charge on any atom is 0.147 e. The van der Waals surface area contributed by atoms with Crippen LogP contribution in [0.5, 0.6) is 0 Å². The van der Waals surface area contributed by atoms with Crippen molar-refractivity contribution in [3.8, 4) is 0 Å². The molecule has 1 rings (SSSR count). The monoisotopic (exact) mass is 273 g/mol. The number of sulfone groups is 1. The molecule has 1 unspecified atom stereocenters. The molecular formula is C13H20FNO2S. The van der Waals surface area contributed by atoms with Gasteiger partial charge in [0.05, 0.1) is 0 Å². The van der Waals surface area contributed by atoms with Gasteiger partial charge in [-0.1, -0.05) is 18.2 Å². The second-order valence-electron chi connectivity index (χ2n) is 5.16. The van der Waals surface area contributed by atoms with E-state index in [4.69, 9.17) is 5.73 Å². The third kappa shape index (κ3) is 5.60. The van der Waals surface area contributed by atoms with Gasteiger partial charge in [0.1, 0.15) is 15.7 Å². The fraction of sp³-hybridized carbons (Fsp3) is 0.538. The summed E-state index contributed by atoms with van der Waals surface area (Å²) in [6.07, 6.45) is 2.66. The third-order valence-electron chi connectivity index (χ3n) is 2.82. The standard InChI is InChI=1S/C13H20FNO2S/c1-13(15,8-5-9-18(2,16)17)10-11-6-3-4-7-12(11)14/h3-4,6-7H,5,8-10,15H2,1-2H3. The van der Waals surface area contributed by atoms with Crippen molar-refractivity contribution >= 4 is 9.84 Å². The predicted molar refractivity (Wildman–Crippen MR) is 71.6 cm³/mol. The molecule has 0 aliphatic rings. The van der Waals surface area contributed by atoms with E-state index in [0.29, 0.717) is 24.8 Å². The largest absolute Gasteiger partial charge is 0.325 e. The van der Waals surface area contributed by atoms with Gasteiger partial charge in [-0.2, -0.15) is 0 Å². The summed E-state index contributed by atoms with van der Waals surface area (Å²) in [5.41, 5.74) is 6.07. The quantitative estimate of drug-likeness (QED) is 0.861. The number of benzene rings is 1. The molecule has 0 aliphatic carbocycles. The van der Waals surface area contributed by atoms with Crippen molar-refractivity contribution in [2.24, 2.45) is 5.73 Å². The molecule has 1 aromatic rings. The van der Waals surface area contributed by atoms with Crippen LogP contribution < -0.4 is 5.73 Å². The molecule has 0 heterocycles. The highest BCUT2D eigenvalue weighted by Crippen LogP contribution is 2.18. The van der Waals surface area contributed by atoms with Gasteiger partial charge in [0, 0.05) is 17.5 Å². The lowest BCUT2D eigenvalue weighted by Gasteiger charge is -2.24. The lowest BCUT2D eigenvalue weighted by Crippen LogP contribution is -2.39. The highest BCUT2D eigenvalue weighted by molar-refractivity contribution is 7.90. The maximum absolute atomic E-state index is 13.5. The van der Waals surface area contributed by atoms with E-state index in [9.17, 15) is 12.8 Å². The maximum atomic E-state index is 13.5. The molecule has 0 fully saturated rings. The fourth-order valence-corrected chi connectivity index (χ4v) is 2.57. The molecule has 0 spiro atoms. The summed E-state index contributed by atoms with van der Waals surface area (Å²) >= 11 is 0. The molecular weight excluding hydrogens is 253 g/mol. The first-order valence-electron chi connectivity index (χ1n) is 5.90. The molecule has 2 N–H and O–H groups in total. The molecule has 0 aliphatic heterocycles. The van der Waals surface area contributed by atoms with Gasteiger partial charge in [-0.3, -0.25) is 0 Å². The molecule has 5 heteroatoms. The lowest BCUT2D eigenvalue weighted by atomic mass is 9.89. The first-order chi connectivity index (χ1) is 8.20. The summed E-state index contributed by atoms with van der Waals surface area (Å²) in [5, 5.41) is 0. The Morgan fingerprint density at radius 3 is 2.50 bits per heavy atom.